The van der Waals surface area contributed by atoms with Gasteiger partial charge in [0.2, 0.25) is 5.82 Å². The van der Waals surface area contributed by atoms with Crippen LogP contribution in [0.2, 0.25) is 0 Å². The van der Waals surface area contributed by atoms with Crippen molar-refractivity contribution in [3.8, 4) is 11.5 Å². The van der Waals surface area contributed by atoms with Crippen molar-refractivity contribution in [1.82, 2.24) is 0 Å². The van der Waals surface area contributed by atoms with Gasteiger partial charge in [0.05, 0.1) is 6.61 Å². The monoisotopic (exact) mass is 264 g/mol. The Balaban J connectivity index is 1.91. The molecule has 3 atom stereocenters. The van der Waals surface area contributed by atoms with Crippen LogP contribution in [0, 0.1) is 11.7 Å². The molecule has 0 saturated heterocycles. The summed E-state index contributed by atoms with van der Waals surface area (Å²) in [5.74, 6) is 0.428. The number of hydrogen-bond donors (Lipinski definition) is 0. The molecule has 3 rings (SSSR count). The molecule has 1 aliphatic carbocycles. The summed E-state index contributed by atoms with van der Waals surface area (Å²) < 4.78 is 25.3. The topological polar surface area (TPSA) is 35.5 Å². The number of hydrogen-bond acceptors (Lipinski definition) is 3. The quantitative estimate of drug-likeness (QED) is 0.787. The van der Waals surface area contributed by atoms with Gasteiger partial charge in [-0.15, -0.1) is 0 Å². The van der Waals surface area contributed by atoms with Gasteiger partial charge in [-0.25, -0.2) is 0 Å². The van der Waals surface area contributed by atoms with Crippen LogP contribution >= 0.6 is 0 Å². The summed E-state index contributed by atoms with van der Waals surface area (Å²) in [6.07, 6.45) is 3.36. The van der Waals surface area contributed by atoms with Crippen LogP contribution in [-0.2, 0) is 4.79 Å². The number of halogens is 1. The molecule has 2 aliphatic rings. The van der Waals surface area contributed by atoms with Crippen molar-refractivity contribution in [3.05, 3.63) is 23.5 Å². The number of aldehydes is 1. The fourth-order valence-corrected chi connectivity index (χ4v) is 3.15. The molecule has 0 N–H and O–H groups in total. The third-order valence-electron chi connectivity index (χ3n) is 4.09. The van der Waals surface area contributed by atoms with Gasteiger partial charge in [0.25, 0.3) is 0 Å². The Morgan fingerprint density at radius 2 is 2.32 bits per heavy atom. The van der Waals surface area contributed by atoms with E-state index in [1.165, 1.54) is 0 Å². The van der Waals surface area contributed by atoms with E-state index in [2.05, 4.69) is 0 Å². The predicted octanol–water partition coefficient (Wildman–Crippen LogP) is 3.07. The van der Waals surface area contributed by atoms with Crippen molar-refractivity contribution >= 4 is 6.29 Å². The first-order valence-corrected chi connectivity index (χ1v) is 6.81. The highest BCUT2D eigenvalue weighted by Crippen LogP contribution is 2.49. The fraction of sp³-hybridized carbons (Fsp3) is 0.533. The molecule has 1 heterocycles. The minimum atomic E-state index is -0.406. The van der Waals surface area contributed by atoms with E-state index in [0.29, 0.717) is 18.8 Å². The molecule has 1 aromatic rings. The second kappa shape index (κ2) is 4.83. The summed E-state index contributed by atoms with van der Waals surface area (Å²) in [5.41, 5.74) is 0.926. The highest BCUT2D eigenvalue weighted by Gasteiger charge is 2.41. The van der Waals surface area contributed by atoms with Crippen molar-refractivity contribution < 1.29 is 18.7 Å². The molecule has 1 aromatic carbocycles. The Bertz CT molecular complexity index is 500. The molecule has 1 saturated carbocycles. The third-order valence-corrected chi connectivity index (χ3v) is 4.09. The number of carbonyl (C=O) groups excluding carboxylic acids is 1. The lowest BCUT2D eigenvalue weighted by Gasteiger charge is -2.27. The zero-order chi connectivity index (χ0) is 13.4. The van der Waals surface area contributed by atoms with Crippen LogP contribution in [0.1, 0.15) is 37.7 Å². The van der Waals surface area contributed by atoms with Gasteiger partial charge in [-0.1, -0.05) is 6.07 Å². The zero-order valence-corrected chi connectivity index (χ0v) is 10.9. The molecule has 0 amide bonds. The molecular formula is C15H17FO3. The van der Waals surface area contributed by atoms with E-state index in [0.717, 1.165) is 24.7 Å². The van der Waals surface area contributed by atoms with Crippen LogP contribution in [0.25, 0.3) is 0 Å². The Morgan fingerprint density at radius 1 is 1.47 bits per heavy atom. The summed E-state index contributed by atoms with van der Waals surface area (Å²) in [6, 6.07) is 3.57. The van der Waals surface area contributed by atoms with Crippen molar-refractivity contribution in [2.75, 3.05) is 6.61 Å². The van der Waals surface area contributed by atoms with E-state index in [1.54, 1.807) is 6.07 Å². The zero-order valence-electron chi connectivity index (χ0n) is 10.9. The molecule has 0 radical (unpaired) electrons. The number of rotatable bonds is 3. The van der Waals surface area contributed by atoms with Gasteiger partial charge in [0, 0.05) is 17.4 Å². The van der Waals surface area contributed by atoms with Crippen molar-refractivity contribution in [1.29, 1.82) is 0 Å². The van der Waals surface area contributed by atoms with Crippen molar-refractivity contribution in [2.45, 2.75) is 38.2 Å². The van der Waals surface area contributed by atoms with Crippen LogP contribution in [0.4, 0.5) is 4.39 Å². The Kier molecular flexibility index (Phi) is 3.17. The molecule has 0 spiro atoms. The van der Waals surface area contributed by atoms with E-state index in [9.17, 15) is 9.18 Å². The van der Waals surface area contributed by atoms with Crippen molar-refractivity contribution in [3.63, 3.8) is 0 Å². The van der Waals surface area contributed by atoms with Crippen molar-refractivity contribution in [2.24, 2.45) is 5.92 Å². The fourth-order valence-electron chi connectivity index (χ4n) is 3.15. The van der Waals surface area contributed by atoms with Gasteiger partial charge in [-0.3, -0.25) is 0 Å². The molecular weight excluding hydrogens is 247 g/mol. The normalized spacial score (nSPS) is 28.2. The molecule has 2 unspecified atom stereocenters. The highest BCUT2D eigenvalue weighted by molar-refractivity contribution is 5.55. The van der Waals surface area contributed by atoms with Gasteiger partial charge >= 0.3 is 0 Å². The van der Waals surface area contributed by atoms with Gasteiger partial charge in [0.15, 0.2) is 11.5 Å². The first-order valence-electron chi connectivity index (χ1n) is 6.81. The first-order chi connectivity index (χ1) is 9.24. The Morgan fingerprint density at radius 3 is 3.05 bits per heavy atom. The third kappa shape index (κ3) is 1.99. The predicted molar refractivity (Wildman–Crippen MR) is 68.1 cm³/mol. The minimum absolute atomic E-state index is 0.0463. The van der Waals surface area contributed by atoms with Crippen LogP contribution in [0.5, 0.6) is 11.5 Å². The summed E-state index contributed by atoms with van der Waals surface area (Å²) in [4.78, 5) is 10.9. The average molecular weight is 264 g/mol. The van der Waals surface area contributed by atoms with Gasteiger partial charge in [0.1, 0.15) is 12.4 Å². The van der Waals surface area contributed by atoms with E-state index in [1.807, 2.05) is 13.0 Å². The number of benzene rings is 1. The SMILES string of the molecule is CCOc1ccc2c(c1F)OC1CC(C=O)CC[C@@H]21. The number of ether oxygens (including phenoxy) is 2. The molecule has 0 aromatic heterocycles. The summed E-state index contributed by atoms with van der Waals surface area (Å²) >= 11 is 0. The lowest BCUT2D eigenvalue weighted by molar-refractivity contribution is -0.112. The van der Waals surface area contributed by atoms with Gasteiger partial charge in [-0.05, 0) is 32.3 Å². The molecule has 0 bridgehead atoms. The van der Waals surface area contributed by atoms with E-state index < -0.39 is 5.82 Å². The van der Waals surface area contributed by atoms with E-state index in [-0.39, 0.29) is 23.7 Å². The molecule has 1 aliphatic heterocycles. The van der Waals surface area contributed by atoms with Crippen LogP contribution in [0.3, 0.4) is 0 Å². The largest absolute Gasteiger partial charge is 0.491 e. The van der Waals surface area contributed by atoms with Gasteiger partial charge < -0.3 is 14.3 Å². The number of fused-ring (bicyclic) bond motifs is 3. The molecule has 3 nitrogen and oxygen atoms in total. The Labute approximate surface area is 111 Å². The maximum atomic E-state index is 14.3. The van der Waals surface area contributed by atoms with E-state index >= 15 is 0 Å². The second-order valence-electron chi connectivity index (χ2n) is 5.20. The van der Waals surface area contributed by atoms with Crippen LogP contribution < -0.4 is 9.47 Å². The smallest absolute Gasteiger partial charge is 0.207 e. The highest BCUT2D eigenvalue weighted by atomic mass is 19.1. The Hall–Kier alpha value is -1.58. The summed E-state index contributed by atoms with van der Waals surface area (Å²) in [6.45, 7) is 2.25. The lowest BCUT2D eigenvalue weighted by atomic mass is 9.78. The van der Waals surface area contributed by atoms with Crippen LogP contribution in [0.15, 0.2) is 12.1 Å². The molecule has 102 valence electrons. The molecule has 19 heavy (non-hydrogen) atoms. The standard InChI is InChI=1S/C15H17FO3/c1-2-18-12-6-5-11-10-4-3-9(8-17)7-13(10)19-15(11)14(12)16/h5-6,8-10,13H,2-4,7H2,1H3/t9?,10-,13?/m0/s1. The number of carbonyl (C=O) groups is 1. The van der Waals surface area contributed by atoms with Gasteiger partial charge in [-0.2, -0.15) is 4.39 Å². The molecule has 4 heteroatoms. The lowest BCUT2D eigenvalue weighted by Crippen LogP contribution is -2.28. The maximum absolute atomic E-state index is 14.3. The first kappa shape index (κ1) is 12.5. The maximum Gasteiger partial charge on any atom is 0.207 e. The summed E-state index contributed by atoms with van der Waals surface area (Å²) in [5, 5.41) is 0. The average Bonchev–Trinajstić information content (AvgIpc) is 2.80. The summed E-state index contributed by atoms with van der Waals surface area (Å²) in [7, 11) is 0. The van der Waals surface area contributed by atoms with Crippen LogP contribution in [-0.4, -0.2) is 19.0 Å². The minimum Gasteiger partial charge on any atom is -0.491 e. The second-order valence-corrected chi connectivity index (χ2v) is 5.20. The molecule has 1 fully saturated rings. The van der Waals surface area contributed by atoms with E-state index in [4.69, 9.17) is 9.47 Å².